The Bertz CT molecular complexity index is 641. The van der Waals surface area contributed by atoms with Gasteiger partial charge in [-0.25, -0.2) is 4.79 Å². The Kier molecular flexibility index (Phi) is 8.71. The molecule has 0 fully saturated rings. The molecule has 0 heterocycles. The molecule has 0 spiro atoms. The molecule has 0 bridgehead atoms. The first-order valence-electron chi connectivity index (χ1n) is 8.91. The lowest BCUT2D eigenvalue weighted by Crippen LogP contribution is -2.36. The topological polar surface area (TPSA) is 84.4 Å². The molecule has 1 amide bonds. The number of rotatable bonds is 7. The molecule has 0 radical (unpaired) electrons. The van der Waals surface area contributed by atoms with Gasteiger partial charge in [-0.3, -0.25) is 4.99 Å². The Morgan fingerprint density at radius 1 is 1.19 bits per heavy atom. The van der Waals surface area contributed by atoms with Crippen LogP contribution in [0.5, 0.6) is 11.5 Å². The van der Waals surface area contributed by atoms with E-state index in [1.54, 1.807) is 21.3 Å². The molecule has 1 rings (SSSR count). The summed E-state index contributed by atoms with van der Waals surface area (Å²) in [6.07, 6.45) is -0.365. The zero-order valence-electron chi connectivity index (χ0n) is 17.4. The molecular weight excluding hydrogens is 348 g/mol. The average molecular weight is 380 g/mol. The molecule has 8 nitrogen and oxygen atoms in total. The van der Waals surface area contributed by atoms with Crippen molar-refractivity contribution < 1.29 is 19.0 Å². The maximum Gasteiger partial charge on any atom is 0.410 e. The Balaban J connectivity index is 2.71. The minimum absolute atomic E-state index is 0.365. The van der Waals surface area contributed by atoms with Crippen molar-refractivity contribution in [2.45, 2.75) is 33.3 Å². The van der Waals surface area contributed by atoms with E-state index < -0.39 is 5.60 Å². The van der Waals surface area contributed by atoms with E-state index in [-0.39, 0.29) is 6.09 Å². The molecule has 152 valence electrons. The molecular formula is C19H32N4O4. The minimum Gasteiger partial charge on any atom is -0.493 e. The number of nitrogens with one attached hydrogen (secondary N) is 2. The largest absolute Gasteiger partial charge is 0.493 e. The van der Waals surface area contributed by atoms with Crippen LogP contribution < -0.4 is 20.1 Å². The van der Waals surface area contributed by atoms with Crippen molar-refractivity contribution in [2.24, 2.45) is 4.99 Å². The van der Waals surface area contributed by atoms with Gasteiger partial charge in [-0.2, -0.15) is 0 Å². The van der Waals surface area contributed by atoms with Gasteiger partial charge in [0.1, 0.15) is 5.60 Å². The van der Waals surface area contributed by atoms with Crippen LogP contribution in [0.3, 0.4) is 0 Å². The second-order valence-electron chi connectivity index (χ2n) is 6.86. The van der Waals surface area contributed by atoms with Gasteiger partial charge in [0, 0.05) is 31.9 Å². The number of benzene rings is 1. The Hall–Kier alpha value is -2.64. The monoisotopic (exact) mass is 380 g/mol. The van der Waals surface area contributed by atoms with E-state index in [0.29, 0.717) is 37.1 Å². The third-order valence-corrected chi connectivity index (χ3v) is 3.40. The van der Waals surface area contributed by atoms with Crippen molar-refractivity contribution in [1.29, 1.82) is 0 Å². The second kappa shape index (κ2) is 10.5. The molecule has 0 saturated carbocycles. The molecule has 0 aliphatic carbocycles. The van der Waals surface area contributed by atoms with Crippen molar-refractivity contribution in [1.82, 2.24) is 10.2 Å². The summed E-state index contributed by atoms with van der Waals surface area (Å²) in [5.41, 5.74) is 0.297. The van der Waals surface area contributed by atoms with Crippen molar-refractivity contribution in [3.05, 3.63) is 18.2 Å². The van der Waals surface area contributed by atoms with Crippen molar-refractivity contribution in [2.75, 3.05) is 46.2 Å². The number of carbonyl (C=O) groups is 1. The average Bonchev–Trinajstić information content (AvgIpc) is 2.60. The number of anilines is 1. The van der Waals surface area contributed by atoms with Crippen LogP contribution in [0.2, 0.25) is 0 Å². The number of guanidine groups is 1. The highest BCUT2D eigenvalue weighted by molar-refractivity contribution is 5.93. The van der Waals surface area contributed by atoms with Crippen LogP contribution in [0, 0.1) is 0 Å². The fraction of sp³-hybridized carbons (Fsp3) is 0.579. The molecule has 2 N–H and O–H groups in total. The van der Waals surface area contributed by atoms with Gasteiger partial charge >= 0.3 is 6.09 Å². The van der Waals surface area contributed by atoms with E-state index in [1.807, 2.05) is 45.9 Å². The normalized spacial score (nSPS) is 11.6. The highest BCUT2D eigenvalue weighted by Crippen LogP contribution is 2.29. The zero-order valence-corrected chi connectivity index (χ0v) is 17.4. The number of hydrogen-bond donors (Lipinski definition) is 2. The summed E-state index contributed by atoms with van der Waals surface area (Å²) >= 11 is 0. The SMILES string of the molecule is CCNC(=NCCN(C)C(=O)OC(C)(C)C)Nc1ccc(OC)c(OC)c1. The van der Waals surface area contributed by atoms with E-state index in [4.69, 9.17) is 14.2 Å². The summed E-state index contributed by atoms with van der Waals surface area (Å²) in [4.78, 5) is 18.0. The molecule has 0 saturated heterocycles. The second-order valence-corrected chi connectivity index (χ2v) is 6.86. The summed E-state index contributed by atoms with van der Waals surface area (Å²) < 4.78 is 15.9. The van der Waals surface area contributed by atoms with Gasteiger partial charge in [0.2, 0.25) is 0 Å². The van der Waals surface area contributed by atoms with Gasteiger partial charge in [-0.1, -0.05) is 0 Å². The molecule has 0 aromatic heterocycles. The summed E-state index contributed by atoms with van der Waals surface area (Å²) in [6.45, 7) is 9.09. The van der Waals surface area contributed by atoms with Crippen molar-refractivity contribution in [3.8, 4) is 11.5 Å². The highest BCUT2D eigenvalue weighted by atomic mass is 16.6. The predicted octanol–water partition coefficient (Wildman–Crippen LogP) is 2.95. The summed E-state index contributed by atoms with van der Waals surface area (Å²) in [7, 11) is 4.88. The lowest BCUT2D eigenvalue weighted by Gasteiger charge is -2.24. The van der Waals surface area contributed by atoms with Gasteiger partial charge in [0.25, 0.3) is 0 Å². The molecule has 27 heavy (non-hydrogen) atoms. The fourth-order valence-electron chi connectivity index (χ4n) is 2.10. The highest BCUT2D eigenvalue weighted by Gasteiger charge is 2.19. The predicted molar refractivity (Wildman–Crippen MR) is 108 cm³/mol. The molecule has 0 atom stereocenters. The first-order valence-corrected chi connectivity index (χ1v) is 8.91. The fourth-order valence-corrected chi connectivity index (χ4v) is 2.10. The number of likely N-dealkylation sites (N-methyl/N-ethyl adjacent to an activating group) is 1. The molecule has 1 aromatic rings. The van der Waals surface area contributed by atoms with Crippen LogP contribution in [0.25, 0.3) is 0 Å². The van der Waals surface area contributed by atoms with Gasteiger partial charge < -0.3 is 29.7 Å². The minimum atomic E-state index is -0.515. The van der Waals surface area contributed by atoms with Crippen LogP contribution >= 0.6 is 0 Å². The number of carbonyl (C=O) groups excluding carboxylic acids is 1. The molecule has 0 unspecified atom stereocenters. The van der Waals surface area contributed by atoms with Gasteiger partial charge in [-0.15, -0.1) is 0 Å². The molecule has 1 aromatic carbocycles. The third kappa shape index (κ3) is 8.06. The third-order valence-electron chi connectivity index (χ3n) is 3.40. The van der Waals surface area contributed by atoms with Crippen LogP contribution in [0.15, 0.2) is 23.2 Å². The quantitative estimate of drug-likeness (QED) is 0.559. The van der Waals surface area contributed by atoms with Gasteiger partial charge in [0.05, 0.1) is 20.8 Å². The maximum absolute atomic E-state index is 12.0. The van der Waals surface area contributed by atoms with Crippen molar-refractivity contribution >= 4 is 17.7 Å². The van der Waals surface area contributed by atoms with Crippen LogP contribution in [-0.2, 0) is 4.74 Å². The van der Waals surface area contributed by atoms with Gasteiger partial charge in [-0.05, 0) is 39.8 Å². The van der Waals surface area contributed by atoms with E-state index in [0.717, 1.165) is 5.69 Å². The standard InChI is InChI=1S/C19H32N4O4/c1-8-20-17(21-11-12-23(5)18(24)27-19(2,3)4)22-14-9-10-15(25-6)16(13-14)26-7/h9-10,13H,8,11-12H2,1-7H3,(H2,20,21,22). The van der Waals surface area contributed by atoms with E-state index >= 15 is 0 Å². The Morgan fingerprint density at radius 2 is 1.85 bits per heavy atom. The van der Waals surface area contributed by atoms with E-state index in [1.165, 1.54) is 4.90 Å². The van der Waals surface area contributed by atoms with Crippen LogP contribution in [0.1, 0.15) is 27.7 Å². The van der Waals surface area contributed by atoms with Crippen LogP contribution in [0.4, 0.5) is 10.5 Å². The summed E-state index contributed by atoms with van der Waals surface area (Å²) in [6, 6.07) is 5.53. The first-order chi connectivity index (χ1) is 12.7. The van der Waals surface area contributed by atoms with Crippen molar-refractivity contribution in [3.63, 3.8) is 0 Å². The van der Waals surface area contributed by atoms with Gasteiger partial charge in [0.15, 0.2) is 17.5 Å². The number of hydrogen-bond acceptors (Lipinski definition) is 5. The number of ether oxygens (including phenoxy) is 3. The Labute approximate surface area is 161 Å². The number of amides is 1. The summed E-state index contributed by atoms with van der Waals surface area (Å²) in [5, 5.41) is 6.39. The molecule has 8 heteroatoms. The van der Waals surface area contributed by atoms with E-state index in [9.17, 15) is 4.79 Å². The number of aliphatic imine (C=N–C) groups is 1. The molecule has 0 aliphatic rings. The van der Waals surface area contributed by atoms with E-state index in [2.05, 4.69) is 15.6 Å². The lowest BCUT2D eigenvalue weighted by molar-refractivity contribution is 0.0304. The maximum atomic E-state index is 12.0. The summed E-state index contributed by atoms with van der Waals surface area (Å²) in [5.74, 6) is 1.90. The number of methoxy groups -OCH3 is 2. The first kappa shape index (κ1) is 22.4. The zero-order chi connectivity index (χ0) is 20.4. The lowest BCUT2D eigenvalue weighted by atomic mass is 10.2. The van der Waals surface area contributed by atoms with Crippen LogP contribution in [-0.4, -0.2) is 63.5 Å². The Morgan fingerprint density at radius 3 is 2.41 bits per heavy atom. The number of nitrogens with zero attached hydrogens (tertiary/aromatic N) is 2. The molecule has 0 aliphatic heterocycles. The smallest absolute Gasteiger partial charge is 0.410 e.